The summed E-state index contributed by atoms with van der Waals surface area (Å²) in [7, 11) is 1.64. The van der Waals surface area contributed by atoms with Crippen LogP contribution in [-0.2, 0) is 12.8 Å². The zero-order valence-electron chi connectivity index (χ0n) is 15.8. The number of aromatic amines is 1. The zero-order valence-corrected chi connectivity index (χ0v) is 15.8. The minimum atomic E-state index is 0.637. The first kappa shape index (κ1) is 18.5. The van der Waals surface area contributed by atoms with Gasteiger partial charge in [0.25, 0.3) is 0 Å². The molecule has 138 valence electrons. The smallest absolute Gasteiger partial charge is 0.212 e. The molecule has 3 aromatic rings. The van der Waals surface area contributed by atoms with E-state index in [4.69, 9.17) is 10.5 Å². The molecule has 2 heterocycles. The van der Waals surface area contributed by atoms with Crippen molar-refractivity contribution in [2.75, 3.05) is 13.7 Å². The molecule has 0 fully saturated rings. The Labute approximate surface area is 155 Å². The Kier molecular flexibility index (Phi) is 6.29. The molecule has 0 saturated carbocycles. The third-order valence-electron chi connectivity index (χ3n) is 4.94. The molecule has 26 heavy (non-hydrogen) atoms. The second kappa shape index (κ2) is 8.86. The molecule has 0 bridgehead atoms. The summed E-state index contributed by atoms with van der Waals surface area (Å²) in [6.07, 6.45) is 8.58. The van der Waals surface area contributed by atoms with Crippen LogP contribution in [0.4, 0.5) is 0 Å². The predicted octanol–water partition coefficient (Wildman–Crippen LogP) is 4.86. The van der Waals surface area contributed by atoms with Gasteiger partial charge < -0.3 is 15.5 Å². The molecule has 0 aliphatic rings. The summed E-state index contributed by atoms with van der Waals surface area (Å²) in [6.45, 7) is 2.98. The van der Waals surface area contributed by atoms with Gasteiger partial charge in [-0.15, -0.1) is 0 Å². The molecule has 0 aliphatic carbocycles. The Bertz CT molecular complexity index is 836. The number of rotatable bonds is 9. The number of methoxy groups -OCH3 is 1. The molecule has 0 radical (unpaired) electrons. The third kappa shape index (κ3) is 3.91. The van der Waals surface area contributed by atoms with E-state index in [2.05, 4.69) is 41.2 Å². The second-order valence-electron chi connectivity index (χ2n) is 6.76. The molecule has 0 aliphatic heterocycles. The average Bonchev–Trinajstić information content (AvgIpc) is 3.06. The predicted molar refractivity (Wildman–Crippen MR) is 109 cm³/mol. The summed E-state index contributed by atoms with van der Waals surface area (Å²) in [5.74, 6) is 0.637. The van der Waals surface area contributed by atoms with E-state index in [0.29, 0.717) is 5.88 Å². The van der Waals surface area contributed by atoms with Gasteiger partial charge in [-0.3, -0.25) is 0 Å². The van der Waals surface area contributed by atoms with Crippen molar-refractivity contribution in [2.24, 2.45) is 5.73 Å². The summed E-state index contributed by atoms with van der Waals surface area (Å²) in [6, 6.07) is 10.7. The van der Waals surface area contributed by atoms with Crippen molar-refractivity contribution in [1.82, 2.24) is 9.97 Å². The number of para-hydroxylation sites is 1. The minimum Gasteiger partial charge on any atom is -0.481 e. The number of nitrogens with zero attached hydrogens (tertiary/aromatic N) is 1. The number of benzene rings is 1. The van der Waals surface area contributed by atoms with Gasteiger partial charge in [-0.1, -0.05) is 31.5 Å². The van der Waals surface area contributed by atoms with Crippen LogP contribution in [0.15, 0.2) is 36.5 Å². The van der Waals surface area contributed by atoms with Crippen LogP contribution in [-0.4, -0.2) is 23.6 Å². The Morgan fingerprint density at radius 2 is 1.96 bits per heavy atom. The standard InChI is InChI=1S/C22H29N3O/c1-3-4-8-16-9-7-11-19-18(10-5-6-14-23)22(25-21(16)19)17-12-13-20(26-2)24-15-17/h7,9,11-13,15,25H,3-6,8,10,14,23H2,1-2H3. The molecule has 0 spiro atoms. The summed E-state index contributed by atoms with van der Waals surface area (Å²) in [5, 5.41) is 1.33. The van der Waals surface area contributed by atoms with Gasteiger partial charge in [0.15, 0.2) is 0 Å². The summed E-state index contributed by atoms with van der Waals surface area (Å²) in [5.41, 5.74) is 12.0. The van der Waals surface area contributed by atoms with Crippen LogP contribution in [0.2, 0.25) is 0 Å². The van der Waals surface area contributed by atoms with Crippen molar-refractivity contribution in [3.05, 3.63) is 47.7 Å². The number of nitrogens with two attached hydrogens (primary N) is 1. The minimum absolute atomic E-state index is 0.637. The first-order chi connectivity index (χ1) is 12.8. The first-order valence-electron chi connectivity index (χ1n) is 9.61. The highest BCUT2D eigenvalue weighted by Gasteiger charge is 2.15. The number of aromatic nitrogens is 2. The number of pyridine rings is 1. The number of unbranched alkanes of at least 4 members (excludes halogenated alkanes) is 2. The van der Waals surface area contributed by atoms with E-state index in [9.17, 15) is 0 Å². The molecule has 1 aromatic carbocycles. The largest absolute Gasteiger partial charge is 0.481 e. The van der Waals surface area contributed by atoms with E-state index in [1.807, 2.05) is 12.3 Å². The maximum Gasteiger partial charge on any atom is 0.212 e. The van der Waals surface area contributed by atoms with Crippen molar-refractivity contribution in [3.63, 3.8) is 0 Å². The lowest BCUT2D eigenvalue weighted by Gasteiger charge is -2.06. The van der Waals surface area contributed by atoms with E-state index in [1.54, 1.807) is 7.11 Å². The lowest BCUT2D eigenvalue weighted by atomic mass is 9.99. The van der Waals surface area contributed by atoms with Crippen LogP contribution in [0.5, 0.6) is 5.88 Å². The maximum absolute atomic E-state index is 5.71. The van der Waals surface area contributed by atoms with Gasteiger partial charge in [0.1, 0.15) is 0 Å². The Morgan fingerprint density at radius 1 is 1.08 bits per heavy atom. The average molecular weight is 351 g/mol. The lowest BCUT2D eigenvalue weighted by molar-refractivity contribution is 0.398. The zero-order chi connectivity index (χ0) is 18.4. The number of H-pyrrole nitrogens is 1. The van der Waals surface area contributed by atoms with Crippen molar-refractivity contribution in [1.29, 1.82) is 0 Å². The maximum atomic E-state index is 5.71. The Hall–Kier alpha value is -2.33. The van der Waals surface area contributed by atoms with Gasteiger partial charge >= 0.3 is 0 Å². The summed E-state index contributed by atoms with van der Waals surface area (Å²) >= 11 is 0. The Morgan fingerprint density at radius 3 is 2.65 bits per heavy atom. The van der Waals surface area contributed by atoms with Crippen molar-refractivity contribution in [3.8, 4) is 17.1 Å². The van der Waals surface area contributed by atoms with Gasteiger partial charge in [0, 0.05) is 28.7 Å². The fourth-order valence-electron chi connectivity index (χ4n) is 3.51. The summed E-state index contributed by atoms with van der Waals surface area (Å²) in [4.78, 5) is 8.10. The fraction of sp³-hybridized carbons (Fsp3) is 0.409. The topological polar surface area (TPSA) is 63.9 Å². The molecular weight excluding hydrogens is 322 g/mol. The number of hydrogen-bond acceptors (Lipinski definition) is 3. The molecule has 2 aromatic heterocycles. The van der Waals surface area contributed by atoms with E-state index in [-0.39, 0.29) is 0 Å². The van der Waals surface area contributed by atoms with Crippen molar-refractivity contribution < 1.29 is 4.74 Å². The van der Waals surface area contributed by atoms with Crippen molar-refractivity contribution >= 4 is 10.9 Å². The highest BCUT2D eigenvalue weighted by Crippen LogP contribution is 2.33. The molecule has 0 amide bonds. The van der Waals surface area contributed by atoms with E-state index >= 15 is 0 Å². The first-order valence-corrected chi connectivity index (χ1v) is 9.61. The van der Waals surface area contributed by atoms with Gasteiger partial charge in [-0.25, -0.2) is 4.98 Å². The summed E-state index contributed by atoms with van der Waals surface area (Å²) < 4.78 is 5.20. The molecule has 0 atom stereocenters. The van der Waals surface area contributed by atoms with Gasteiger partial charge in [0.2, 0.25) is 5.88 Å². The van der Waals surface area contributed by atoms with Crippen LogP contribution in [0.3, 0.4) is 0 Å². The highest BCUT2D eigenvalue weighted by atomic mass is 16.5. The number of fused-ring (bicyclic) bond motifs is 1. The molecule has 0 unspecified atom stereocenters. The monoisotopic (exact) mass is 351 g/mol. The molecule has 4 nitrogen and oxygen atoms in total. The third-order valence-corrected chi connectivity index (χ3v) is 4.94. The molecular formula is C22H29N3O. The normalized spacial score (nSPS) is 11.2. The lowest BCUT2D eigenvalue weighted by Crippen LogP contribution is -1.99. The van der Waals surface area contributed by atoms with Gasteiger partial charge in [-0.05, 0) is 55.8 Å². The number of aryl methyl sites for hydroxylation is 2. The van der Waals surface area contributed by atoms with Gasteiger partial charge in [-0.2, -0.15) is 0 Å². The molecule has 4 heteroatoms. The van der Waals surface area contributed by atoms with Crippen LogP contribution < -0.4 is 10.5 Å². The molecule has 3 rings (SSSR count). The Balaban J connectivity index is 2.07. The van der Waals surface area contributed by atoms with Crippen LogP contribution in [0.25, 0.3) is 22.2 Å². The van der Waals surface area contributed by atoms with Crippen LogP contribution in [0, 0.1) is 0 Å². The van der Waals surface area contributed by atoms with E-state index < -0.39 is 0 Å². The fourth-order valence-corrected chi connectivity index (χ4v) is 3.51. The van der Waals surface area contributed by atoms with Gasteiger partial charge in [0.05, 0.1) is 12.8 Å². The quantitative estimate of drug-likeness (QED) is 0.541. The number of nitrogens with one attached hydrogen (secondary N) is 1. The second-order valence-corrected chi connectivity index (χ2v) is 6.76. The molecule has 3 N–H and O–H groups in total. The van der Waals surface area contributed by atoms with Crippen LogP contribution >= 0.6 is 0 Å². The molecule has 0 saturated heterocycles. The number of ether oxygens (including phenoxy) is 1. The van der Waals surface area contributed by atoms with Crippen molar-refractivity contribution in [2.45, 2.75) is 45.4 Å². The van der Waals surface area contributed by atoms with E-state index in [0.717, 1.165) is 37.8 Å². The highest BCUT2D eigenvalue weighted by molar-refractivity contribution is 5.92. The van der Waals surface area contributed by atoms with Crippen LogP contribution in [0.1, 0.15) is 43.7 Å². The van der Waals surface area contributed by atoms with E-state index in [1.165, 1.54) is 40.6 Å². The number of hydrogen-bond donors (Lipinski definition) is 2. The SMILES string of the molecule is CCCCc1cccc2c(CCCCN)c(-c3ccc(OC)nc3)[nH]c12.